The summed E-state index contributed by atoms with van der Waals surface area (Å²) in [7, 11) is 0. The van der Waals surface area contributed by atoms with Gasteiger partial charge < -0.3 is 10.6 Å². The first-order valence-corrected chi connectivity index (χ1v) is 7.44. The van der Waals surface area contributed by atoms with Gasteiger partial charge in [-0.25, -0.2) is 0 Å². The minimum atomic E-state index is -0.0565. The van der Waals surface area contributed by atoms with E-state index in [9.17, 15) is 4.79 Å². The Kier molecular flexibility index (Phi) is 5.22. The van der Waals surface area contributed by atoms with Crippen LogP contribution in [0.15, 0.2) is 36.9 Å². The molecule has 1 aromatic rings. The van der Waals surface area contributed by atoms with E-state index >= 15 is 0 Å². The van der Waals surface area contributed by atoms with Gasteiger partial charge in [-0.05, 0) is 43.5 Å². The maximum atomic E-state index is 11.7. The molecule has 108 valence electrons. The van der Waals surface area contributed by atoms with Gasteiger partial charge in [0.2, 0.25) is 0 Å². The fraction of sp³-hybridized carbons (Fsp3) is 0.471. The van der Waals surface area contributed by atoms with Gasteiger partial charge in [0.1, 0.15) is 0 Å². The van der Waals surface area contributed by atoms with Crippen LogP contribution in [-0.4, -0.2) is 18.5 Å². The van der Waals surface area contributed by atoms with Gasteiger partial charge in [-0.15, -0.1) is 6.58 Å². The lowest BCUT2D eigenvalue weighted by molar-refractivity contribution is 0.0958. The summed E-state index contributed by atoms with van der Waals surface area (Å²) in [6, 6.07) is 8.15. The Balaban J connectivity index is 1.83. The van der Waals surface area contributed by atoms with Crippen LogP contribution in [0.25, 0.3) is 0 Å². The zero-order valence-electron chi connectivity index (χ0n) is 12.2. The molecule has 0 spiro atoms. The van der Waals surface area contributed by atoms with Gasteiger partial charge >= 0.3 is 0 Å². The number of anilines is 1. The van der Waals surface area contributed by atoms with Gasteiger partial charge in [0.05, 0.1) is 0 Å². The van der Waals surface area contributed by atoms with Crippen molar-refractivity contribution in [2.75, 3.05) is 11.9 Å². The molecule has 0 aromatic heterocycles. The van der Waals surface area contributed by atoms with Crippen molar-refractivity contribution in [1.82, 2.24) is 5.32 Å². The molecule has 1 atom stereocenters. The van der Waals surface area contributed by atoms with E-state index in [0.29, 0.717) is 18.2 Å². The van der Waals surface area contributed by atoms with Gasteiger partial charge in [-0.1, -0.05) is 25.3 Å². The van der Waals surface area contributed by atoms with E-state index < -0.39 is 0 Å². The highest BCUT2D eigenvalue weighted by molar-refractivity contribution is 5.94. The Bertz CT molecular complexity index is 449. The molecular weight excluding hydrogens is 248 g/mol. The van der Waals surface area contributed by atoms with Crippen molar-refractivity contribution >= 4 is 11.6 Å². The van der Waals surface area contributed by atoms with Crippen molar-refractivity contribution in [1.29, 1.82) is 0 Å². The van der Waals surface area contributed by atoms with E-state index in [4.69, 9.17) is 0 Å². The Morgan fingerprint density at radius 1 is 1.40 bits per heavy atom. The summed E-state index contributed by atoms with van der Waals surface area (Å²) in [5.41, 5.74) is 1.76. The Morgan fingerprint density at radius 2 is 2.10 bits per heavy atom. The van der Waals surface area contributed by atoms with Crippen molar-refractivity contribution in [3.8, 4) is 0 Å². The SMILES string of the molecule is C=CCNC(=O)c1ccc(NC(C)CC2CCC2)cc1. The summed E-state index contributed by atoms with van der Waals surface area (Å²) in [6.45, 7) is 6.31. The number of hydrogen-bond donors (Lipinski definition) is 2. The molecule has 2 rings (SSSR count). The van der Waals surface area contributed by atoms with Crippen LogP contribution in [0.4, 0.5) is 5.69 Å². The average Bonchev–Trinajstić information content (AvgIpc) is 2.41. The Hall–Kier alpha value is -1.77. The summed E-state index contributed by atoms with van der Waals surface area (Å²) in [5, 5.41) is 6.28. The van der Waals surface area contributed by atoms with E-state index in [1.54, 1.807) is 6.08 Å². The Morgan fingerprint density at radius 3 is 2.65 bits per heavy atom. The highest BCUT2D eigenvalue weighted by atomic mass is 16.1. The standard InChI is InChI=1S/C17H24N2O/c1-3-11-18-17(20)15-7-9-16(10-8-15)19-13(2)12-14-5-4-6-14/h3,7-10,13-14,19H,1,4-6,11-12H2,2H3,(H,18,20). The molecule has 0 radical (unpaired) electrons. The zero-order valence-corrected chi connectivity index (χ0v) is 12.2. The number of carbonyl (C=O) groups is 1. The third-order valence-electron chi connectivity index (χ3n) is 3.88. The average molecular weight is 272 g/mol. The van der Waals surface area contributed by atoms with Gasteiger partial charge in [-0.3, -0.25) is 4.79 Å². The number of nitrogens with one attached hydrogen (secondary N) is 2. The first-order chi connectivity index (χ1) is 9.69. The fourth-order valence-electron chi connectivity index (χ4n) is 2.56. The summed E-state index contributed by atoms with van der Waals surface area (Å²) < 4.78 is 0. The summed E-state index contributed by atoms with van der Waals surface area (Å²) in [4.78, 5) is 11.7. The number of amides is 1. The van der Waals surface area contributed by atoms with E-state index in [1.807, 2.05) is 24.3 Å². The minimum absolute atomic E-state index is 0.0565. The van der Waals surface area contributed by atoms with E-state index in [0.717, 1.165) is 11.6 Å². The third kappa shape index (κ3) is 4.12. The van der Waals surface area contributed by atoms with E-state index in [1.165, 1.54) is 25.7 Å². The predicted molar refractivity (Wildman–Crippen MR) is 84.0 cm³/mol. The van der Waals surface area contributed by atoms with Crippen molar-refractivity contribution in [2.24, 2.45) is 5.92 Å². The second-order valence-corrected chi connectivity index (χ2v) is 5.65. The van der Waals surface area contributed by atoms with E-state index in [-0.39, 0.29) is 5.91 Å². The molecule has 1 aromatic carbocycles. The largest absolute Gasteiger partial charge is 0.383 e. The molecule has 0 bridgehead atoms. The number of rotatable bonds is 7. The van der Waals surface area contributed by atoms with Crippen LogP contribution in [0.1, 0.15) is 43.0 Å². The number of benzene rings is 1. The zero-order chi connectivity index (χ0) is 14.4. The second-order valence-electron chi connectivity index (χ2n) is 5.65. The van der Waals surface area contributed by atoms with Crippen molar-refractivity contribution in [3.63, 3.8) is 0 Å². The quantitative estimate of drug-likeness (QED) is 0.745. The maximum absolute atomic E-state index is 11.7. The van der Waals surface area contributed by atoms with Crippen LogP contribution >= 0.6 is 0 Å². The summed E-state index contributed by atoms with van der Waals surface area (Å²) in [5.74, 6) is 0.848. The summed E-state index contributed by atoms with van der Waals surface area (Å²) >= 11 is 0. The van der Waals surface area contributed by atoms with Crippen LogP contribution in [-0.2, 0) is 0 Å². The third-order valence-corrected chi connectivity index (χ3v) is 3.88. The fourth-order valence-corrected chi connectivity index (χ4v) is 2.56. The van der Waals surface area contributed by atoms with Gasteiger partial charge in [0.15, 0.2) is 0 Å². The van der Waals surface area contributed by atoms with Gasteiger partial charge in [-0.2, -0.15) is 0 Å². The monoisotopic (exact) mass is 272 g/mol. The summed E-state index contributed by atoms with van der Waals surface area (Å²) in [6.07, 6.45) is 7.08. The molecule has 1 saturated carbocycles. The molecule has 0 aliphatic heterocycles. The molecule has 1 aliphatic carbocycles. The minimum Gasteiger partial charge on any atom is -0.383 e. The second kappa shape index (κ2) is 7.13. The highest BCUT2D eigenvalue weighted by Gasteiger charge is 2.19. The van der Waals surface area contributed by atoms with Gasteiger partial charge in [0, 0.05) is 23.8 Å². The molecular formula is C17H24N2O. The first-order valence-electron chi connectivity index (χ1n) is 7.44. The van der Waals surface area contributed by atoms with E-state index in [2.05, 4.69) is 24.1 Å². The van der Waals surface area contributed by atoms with Crippen LogP contribution in [0.2, 0.25) is 0 Å². The van der Waals surface area contributed by atoms with Crippen LogP contribution in [0.5, 0.6) is 0 Å². The smallest absolute Gasteiger partial charge is 0.251 e. The molecule has 1 fully saturated rings. The lowest BCUT2D eigenvalue weighted by Crippen LogP contribution is -2.24. The molecule has 0 heterocycles. The first kappa shape index (κ1) is 14.6. The Labute approximate surface area is 121 Å². The lowest BCUT2D eigenvalue weighted by Gasteiger charge is -2.28. The molecule has 1 unspecified atom stereocenters. The van der Waals surface area contributed by atoms with Crippen molar-refractivity contribution in [3.05, 3.63) is 42.5 Å². The van der Waals surface area contributed by atoms with Gasteiger partial charge in [0.25, 0.3) is 5.91 Å². The maximum Gasteiger partial charge on any atom is 0.251 e. The number of carbonyl (C=O) groups excluding carboxylic acids is 1. The highest BCUT2D eigenvalue weighted by Crippen LogP contribution is 2.31. The predicted octanol–water partition coefficient (Wildman–Crippen LogP) is 3.59. The van der Waals surface area contributed by atoms with Crippen LogP contribution < -0.4 is 10.6 Å². The van der Waals surface area contributed by atoms with Crippen molar-refractivity contribution in [2.45, 2.75) is 38.6 Å². The molecule has 20 heavy (non-hydrogen) atoms. The topological polar surface area (TPSA) is 41.1 Å². The molecule has 1 aliphatic rings. The molecule has 1 amide bonds. The lowest BCUT2D eigenvalue weighted by atomic mass is 9.81. The normalized spacial score (nSPS) is 16.1. The van der Waals surface area contributed by atoms with Crippen LogP contribution in [0, 0.1) is 5.92 Å². The molecule has 0 saturated heterocycles. The molecule has 3 heteroatoms. The van der Waals surface area contributed by atoms with Crippen molar-refractivity contribution < 1.29 is 4.79 Å². The van der Waals surface area contributed by atoms with Crippen LogP contribution in [0.3, 0.4) is 0 Å². The number of hydrogen-bond acceptors (Lipinski definition) is 2. The molecule has 2 N–H and O–H groups in total. The molecule has 3 nitrogen and oxygen atoms in total.